The Hall–Kier alpha value is 0.470. The largest absolute Gasteiger partial charge is 0.344 e. The van der Waals surface area contributed by atoms with E-state index in [2.05, 4.69) is 0 Å². The summed E-state index contributed by atoms with van der Waals surface area (Å²) in [5, 5.41) is 0. The lowest BCUT2D eigenvalue weighted by Crippen LogP contribution is -2.27. The normalized spacial score (nSPS) is 31.4. The van der Waals surface area contributed by atoms with Crippen LogP contribution in [-0.2, 0) is 9.47 Å². The average molecular weight is 308 g/mol. The van der Waals surface area contributed by atoms with Crippen LogP contribution in [0.25, 0.3) is 0 Å². The molecular formula is C10H12O3S4. The van der Waals surface area contributed by atoms with Gasteiger partial charge in [0.25, 0.3) is 4.06 Å². The minimum Gasteiger partial charge on any atom is -0.344 e. The Balaban J connectivity index is 1.82. The van der Waals surface area contributed by atoms with E-state index in [1.165, 1.54) is 22.7 Å². The predicted molar refractivity (Wildman–Crippen MR) is 73.7 cm³/mol. The zero-order valence-electron chi connectivity index (χ0n) is 9.43. The summed E-state index contributed by atoms with van der Waals surface area (Å²) < 4.78 is 14.3. The first-order valence-electron chi connectivity index (χ1n) is 5.29. The maximum Gasteiger partial charge on any atom is 0.289 e. The summed E-state index contributed by atoms with van der Waals surface area (Å²) in [5.41, 5.74) is 0. The van der Waals surface area contributed by atoms with Crippen LogP contribution in [-0.4, -0.2) is 29.5 Å². The maximum atomic E-state index is 11.4. The number of rotatable bonds is 0. The molecular weight excluding hydrogens is 296 g/mol. The molecule has 0 bridgehead atoms. The molecule has 1 saturated heterocycles. The molecule has 0 spiro atoms. The summed E-state index contributed by atoms with van der Waals surface area (Å²) in [6.45, 7) is 3.92. The number of fused-ring (bicyclic) bond motifs is 2. The summed E-state index contributed by atoms with van der Waals surface area (Å²) >= 11 is 6.16. The van der Waals surface area contributed by atoms with Crippen LogP contribution in [0.3, 0.4) is 0 Å². The first kappa shape index (κ1) is 12.5. The van der Waals surface area contributed by atoms with Gasteiger partial charge < -0.3 is 9.47 Å². The van der Waals surface area contributed by atoms with Gasteiger partial charge in [0.2, 0.25) is 0 Å². The van der Waals surface area contributed by atoms with Crippen LogP contribution in [0.1, 0.15) is 13.8 Å². The van der Waals surface area contributed by atoms with Gasteiger partial charge in [0.05, 0.1) is 20.6 Å². The van der Waals surface area contributed by atoms with Gasteiger partial charge in [-0.05, 0) is 13.8 Å². The third-order valence-electron chi connectivity index (χ3n) is 2.56. The maximum absolute atomic E-state index is 11.4. The molecule has 2 atom stereocenters. The van der Waals surface area contributed by atoms with Crippen LogP contribution in [0.15, 0.2) is 13.2 Å². The molecule has 0 unspecified atom stereocenters. The molecule has 0 amide bonds. The molecule has 0 N–H and O–H groups in total. The van der Waals surface area contributed by atoms with Gasteiger partial charge in [-0.15, -0.1) is 23.5 Å². The molecule has 2 aliphatic rings. The van der Waals surface area contributed by atoms with Crippen molar-refractivity contribution in [2.75, 3.05) is 11.5 Å². The minimum atomic E-state index is -0.471. The second-order valence-corrected chi connectivity index (χ2v) is 9.17. The summed E-state index contributed by atoms with van der Waals surface area (Å²) in [6, 6.07) is 0. The van der Waals surface area contributed by atoms with E-state index in [0.717, 1.165) is 19.9 Å². The molecule has 17 heavy (non-hydrogen) atoms. The molecule has 3 heterocycles. The van der Waals surface area contributed by atoms with Gasteiger partial charge in [0.15, 0.2) is 5.79 Å². The van der Waals surface area contributed by atoms with Crippen LogP contribution >= 0.6 is 46.2 Å². The van der Waals surface area contributed by atoms with E-state index in [0.29, 0.717) is 0 Å². The molecule has 1 fully saturated rings. The fourth-order valence-electron chi connectivity index (χ4n) is 1.94. The van der Waals surface area contributed by atoms with Gasteiger partial charge in [-0.2, -0.15) is 0 Å². The number of hydrogen-bond acceptors (Lipinski definition) is 7. The van der Waals surface area contributed by atoms with E-state index in [9.17, 15) is 4.79 Å². The number of thioether (sulfide) groups is 2. The third kappa shape index (κ3) is 2.59. The van der Waals surface area contributed by atoms with E-state index in [1.54, 1.807) is 23.5 Å². The third-order valence-corrected chi connectivity index (χ3v) is 7.82. The van der Waals surface area contributed by atoms with Crippen LogP contribution in [0.2, 0.25) is 0 Å². The zero-order valence-corrected chi connectivity index (χ0v) is 12.7. The van der Waals surface area contributed by atoms with Crippen LogP contribution in [0.5, 0.6) is 0 Å². The quantitative estimate of drug-likeness (QED) is 0.736. The van der Waals surface area contributed by atoms with E-state index in [4.69, 9.17) is 9.47 Å². The summed E-state index contributed by atoms with van der Waals surface area (Å²) in [5.74, 6) is 1.27. The fourth-order valence-corrected chi connectivity index (χ4v) is 7.37. The first-order chi connectivity index (χ1) is 8.03. The Morgan fingerprint density at radius 2 is 1.53 bits per heavy atom. The molecule has 2 aliphatic heterocycles. The molecule has 1 aromatic heterocycles. The van der Waals surface area contributed by atoms with Gasteiger partial charge in [-0.25, -0.2) is 0 Å². The average Bonchev–Trinajstić information content (AvgIpc) is 2.70. The zero-order chi connectivity index (χ0) is 12.0. The molecule has 0 radical (unpaired) electrons. The fraction of sp³-hybridized carbons (Fsp3) is 0.700. The summed E-state index contributed by atoms with van der Waals surface area (Å²) in [4.78, 5) is 11.4. The van der Waals surface area contributed by atoms with Crippen molar-refractivity contribution in [1.29, 1.82) is 0 Å². The molecule has 3 nitrogen and oxygen atoms in total. The highest BCUT2D eigenvalue weighted by Gasteiger charge is 2.42. The second kappa shape index (κ2) is 4.54. The standard InChI is InChI=1S/C10H12O3S4/c1-10(2)12-5-3-14-7-8(17-9(11)16-7)15-4-6(5)13-10/h5-6H,3-4H2,1-2H3/t5-,6-/m0/s1. The second-order valence-electron chi connectivity index (χ2n) is 4.36. The summed E-state index contributed by atoms with van der Waals surface area (Å²) in [6.07, 6.45) is 0.274. The van der Waals surface area contributed by atoms with Crippen molar-refractivity contribution in [1.82, 2.24) is 0 Å². The van der Waals surface area contributed by atoms with Gasteiger partial charge in [-0.1, -0.05) is 22.7 Å². The van der Waals surface area contributed by atoms with Crippen molar-refractivity contribution in [2.24, 2.45) is 0 Å². The van der Waals surface area contributed by atoms with Crippen molar-refractivity contribution >= 4 is 46.2 Å². The topological polar surface area (TPSA) is 35.5 Å². The highest BCUT2D eigenvalue weighted by Crippen LogP contribution is 2.43. The van der Waals surface area contributed by atoms with Gasteiger partial charge >= 0.3 is 0 Å². The molecule has 0 aliphatic carbocycles. The molecule has 0 saturated carbocycles. The molecule has 94 valence electrons. The molecule has 0 aromatic carbocycles. The van der Waals surface area contributed by atoms with Crippen LogP contribution in [0.4, 0.5) is 0 Å². The Labute approximate surface area is 116 Å². The lowest BCUT2D eigenvalue weighted by Gasteiger charge is -2.18. The van der Waals surface area contributed by atoms with Crippen LogP contribution < -0.4 is 4.06 Å². The Bertz CT molecular complexity index is 440. The van der Waals surface area contributed by atoms with Gasteiger partial charge in [0.1, 0.15) is 0 Å². The Morgan fingerprint density at radius 1 is 1.06 bits per heavy atom. The Morgan fingerprint density at radius 3 is 2.00 bits per heavy atom. The molecule has 1 aromatic rings. The monoisotopic (exact) mass is 308 g/mol. The van der Waals surface area contributed by atoms with E-state index in [-0.39, 0.29) is 16.3 Å². The smallest absolute Gasteiger partial charge is 0.289 e. The number of ether oxygens (including phenoxy) is 2. The van der Waals surface area contributed by atoms with Gasteiger partial charge in [0, 0.05) is 11.5 Å². The summed E-state index contributed by atoms with van der Waals surface area (Å²) in [7, 11) is 0. The van der Waals surface area contributed by atoms with Crippen LogP contribution in [0, 0.1) is 0 Å². The molecule has 3 rings (SSSR count). The van der Waals surface area contributed by atoms with Crippen molar-refractivity contribution in [3.8, 4) is 0 Å². The Kier molecular flexibility index (Phi) is 3.34. The number of hydrogen-bond donors (Lipinski definition) is 0. The highest BCUT2D eigenvalue weighted by atomic mass is 32.2. The van der Waals surface area contributed by atoms with E-state index in [1.807, 2.05) is 13.8 Å². The van der Waals surface area contributed by atoms with E-state index >= 15 is 0 Å². The van der Waals surface area contributed by atoms with Crippen molar-refractivity contribution in [3.63, 3.8) is 0 Å². The van der Waals surface area contributed by atoms with Crippen molar-refractivity contribution in [3.05, 3.63) is 8.85 Å². The van der Waals surface area contributed by atoms with Crippen molar-refractivity contribution < 1.29 is 9.47 Å². The van der Waals surface area contributed by atoms with Gasteiger partial charge in [-0.3, -0.25) is 4.79 Å². The van der Waals surface area contributed by atoms with E-state index < -0.39 is 5.79 Å². The molecule has 7 heteroatoms. The lowest BCUT2D eigenvalue weighted by atomic mass is 10.3. The lowest BCUT2D eigenvalue weighted by molar-refractivity contribution is -0.142. The minimum absolute atomic E-state index is 0.137. The predicted octanol–water partition coefficient (Wildman–Crippen LogP) is 2.89. The highest BCUT2D eigenvalue weighted by molar-refractivity contribution is 8.05. The van der Waals surface area contributed by atoms with Crippen molar-refractivity contribution in [2.45, 2.75) is 40.3 Å². The SMILES string of the molecule is CC1(C)O[C@H]2CSc3sc(=O)sc3SC[C@@H]2O1. The first-order valence-corrected chi connectivity index (χ1v) is 8.89.